The van der Waals surface area contributed by atoms with E-state index < -0.39 is 0 Å². The van der Waals surface area contributed by atoms with Gasteiger partial charge < -0.3 is 0 Å². The van der Waals surface area contributed by atoms with Crippen molar-refractivity contribution in [2.24, 2.45) is 29.1 Å². The monoisotopic (exact) mass is 378 g/mol. The minimum absolute atomic E-state index is 0.534. The van der Waals surface area contributed by atoms with Gasteiger partial charge in [-0.1, -0.05) is 125 Å². The summed E-state index contributed by atoms with van der Waals surface area (Å²) in [5.41, 5.74) is 0.534. The number of rotatable bonds is 5. The summed E-state index contributed by atoms with van der Waals surface area (Å²) < 4.78 is 0. The lowest BCUT2D eigenvalue weighted by molar-refractivity contribution is 0.187. The number of unbranched alkanes of at least 4 members (excludes halogenated alkanes) is 2. The maximum absolute atomic E-state index is 2.55. The van der Waals surface area contributed by atoms with Crippen LogP contribution in [0.25, 0.3) is 0 Å². The van der Waals surface area contributed by atoms with E-state index >= 15 is 0 Å². The lowest BCUT2D eigenvalue weighted by Gasteiger charge is -2.33. The molecule has 0 radical (unpaired) electrons. The Labute approximate surface area is 173 Å². The largest absolute Gasteiger partial charge is 0.0654 e. The van der Waals surface area contributed by atoms with E-state index in [4.69, 9.17) is 0 Å². The summed E-state index contributed by atoms with van der Waals surface area (Å²) >= 11 is 0. The Kier molecular flexibility index (Phi) is 13.0. The summed E-state index contributed by atoms with van der Waals surface area (Å²) in [4.78, 5) is 0. The van der Waals surface area contributed by atoms with Crippen LogP contribution in [0.2, 0.25) is 0 Å². The summed E-state index contributed by atoms with van der Waals surface area (Å²) in [6.07, 6.45) is 23.4. The lowest BCUT2D eigenvalue weighted by atomic mass is 9.73. The molecular weight excluding hydrogens is 324 g/mol. The van der Waals surface area contributed by atoms with Crippen LogP contribution in [-0.4, -0.2) is 0 Å². The van der Waals surface area contributed by atoms with Crippen LogP contribution in [0.1, 0.15) is 144 Å². The first-order valence-corrected chi connectivity index (χ1v) is 12.8. The standard InChI is InChI=1S/C27H54/c1-7-8-12-17-25-18-13-10-9-11-14-19-26(23(2)3)22-27(5,6)20-15-16-24(4)21-25/h23-26H,7-22H2,1-6H3. The van der Waals surface area contributed by atoms with Crippen LogP contribution < -0.4 is 0 Å². The average Bonchev–Trinajstić information content (AvgIpc) is 2.58. The third-order valence-corrected chi connectivity index (χ3v) is 7.45. The maximum Gasteiger partial charge on any atom is -0.0351 e. The Morgan fingerprint density at radius 1 is 0.852 bits per heavy atom. The van der Waals surface area contributed by atoms with Crippen LogP contribution in [0.4, 0.5) is 0 Å². The SMILES string of the molecule is CCCCCC1CCCCCCCC(C(C)C)CC(C)(C)CCCC(C)C1. The fraction of sp³-hybridized carbons (Fsp3) is 1.00. The van der Waals surface area contributed by atoms with Gasteiger partial charge in [-0.25, -0.2) is 0 Å². The summed E-state index contributed by atoms with van der Waals surface area (Å²) in [6.45, 7) is 14.9. The molecule has 1 aliphatic rings. The van der Waals surface area contributed by atoms with Gasteiger partial charge in [0.2, 0.25) is 0 Å². The number of hydrogen-bond acceptors (Lipinski definition) is 0. The maximum atomic E-state index is 2.55. The highest BCUT2D eigenvalue weighted by molar-refractivity contribution is 4.77. The molecule has 0 heteroatoms. The van der Waals surface area contributed by atoms with Gasteiger partial charge in [0.05, 0.1) is 0 Å². The molecule has 0 N–H and O–H groups in total. The van der Waals surface area contributed by atoms with Crippen molar-refractivity contribution in [1.29, 1.82) is 0 Å². The van der Waals surface area contributed by atoms with Crippen molar-refractivity contribution in [3.05, 3.63) is 0 Å². The van der Waals surface area contributed by atoms with E-state index in [1.807, 2.05) is 0 Å². The zero-order valence-corrected chi connectivity index (χ0v) is 20.1. The molecule has 0 aromatic rings. The molecule has 0 bridgehead atoms. The van der Waals surface area contributed by atoms with Gasteiger partial charge in [0.1, 0.15) is 0 Å². The minimum Gasteiger partial charge on any atom is -0.0654 e. The second kappa shape index (κ2) is 14.1. The van der Waals surface area contributed by atoms with Crippen molar-refractivity contribution in [2.45, 2.75) is 144 Å². The smallest absolute Gasteiger partial charge is 0.0351 e. The Morgan fingerprint density at radius 3 is 2.19 bits per heavy atom. The molecule has 0 saturated heterocycles. The van der Waals surface area contributed by atoms with Gasteiger partial charge >= 0.3 is 0 Å². The van der Waals surface area contributed by atoms with Gasteiger partial charge in [-0.05, 0) is 48.3 Å². The van der Waals surface area contributed by atoms with E-state index in [9.17, 15) is 0 Å². The van der Waals surface area contributed by atoms with Crippen molar-refractivity contribution in [3.8, 4) is 0 Å². The quantitative estimate of drug-likeness (QED) is 0.417. The molecule has 0 aliphatic heterocycles. The molecule has 1 saturated carbocycles. The van der Waals surface area contributed by atoms with E-state index in [1.54, 1.807) is 0 Å². The molecule has 0 nitrogen and oxygen atoms in total. The molecule has 1 rings (SSSR count). The van der Waals surface area contributed by atoms with Crippen molar-refractivity contribution in [3.63, 3.8) is 0 Å². The predicted molar refractivity (Wildman–Crippen MR) is 124 cm³/mol. The highest BCUT2D eigenvalue weighted by atomic mass is 14.3. The van der Waals surface area contributed by atoms with Gasteiger partial charge in [-0.2, -0.15) is 0 Å². The summed E-state index contributed by atoms with van der Waals surface area (Å²) in [5.74, 6) is 3.73. The number of hydrogen-bond donors (Lipinski definition) is 0. The highest BCUT2D eigenvalue weighted by Crippen LogP contribution is 2.37. The fourth-order valence-electron chi connectivity index (χ4n) is 5.53. The van der Waals surface area contributed by atoms with Crippen molar-refractivity contribution in [1.82, 2.24) is 0 Å². The fourth-order valence-corrected chi connectivity index (χ4v) is 5.53. The first-order chi connectivity index (χ1) is 12.8. The Hall–Kier alpha value is 0. The van der Waals surface area contributed by atoms with Gasteiger partial charge in [0.15, 0.2) is 0 Å². The van der Waals surface area contributed by atoms with Crippen LogP contribution in [-0.2, 0) is 0 Å². The third kappa shape index (κ3) is 12.2. The second-order valence-electron chi connectivity index (χ2n) is 11.3. The molecule has 3 unspecified atom stereocenters. The molecular formula is C27H54. The zero-order valence-electron chi connectivity index (χ0n) is 20.1. The van der Waals surface area contributed by atoms with E-state index in [1.165, 1.54) is 103 Å². The van der Waals surface area contributed by atoms with Gasteiger partial charge in [0.25, 0.3) is 0 Å². The van der Waals surface area contributed by atoms with Crippen molar-refractivity contribution in [2.75, 3.05) is 0 Å². The second-order valence-corrected chi connectivity index (χ2v) is 11.3. The molecule has 162 valence electrons. The predicted octanol–water partition coefficient (Wildman–Crippen LogP) is 9.81. The minimum atomic E-state index is 0.534. The molecule has 1 fully saturated rings. The molecule has 0 heterocycles. The van der Waals surface area contributed by atoms with E-state index in [0.717, 1.165) is 23.7 Å². The lowest BCUT2D eigenvalue weighted by Crippen LogP contribution is -2.21. The molecule has 3 atom stereocenters. The van der Waals surface area contributed by atoms with E-state index in [2.05, 4.69) is 41.5 Å². The molecule has 0 aromatic heterocycles. The van der Waals surface area contributed by atoms with Crippen LogP contribution in [0.15, 0.2) is 0 Å². The molecule has 27 heavy (non-hydrogen) atoms. The van der Waals surface area contributed by atoms with E-state index in [-0.39, 0.29) is 0 Å². The molecule has 0 spiro atoms. The Bertz CT molecular complexity index is 340. The normalized spacial score (nSPS) is 29.7. The van der Waals surface area contributed by atoms with Gasteiger partial charge in [0, 0.05) is 0 Å². The molecule has 0 amide bonds. The van der Waals surface area contributed by atoms with Crippen molar-refractivity contribution < 1.29 is 0 Å². The summed E-state index contributed by atoms with van der Waals surface area (Å²) in [7, 11) is 0. The Balaban J connectivity index is 2.60. The van der Waals surface area contributed by atoms with Crippen LogP contribution in [0.3, 0.4) is 0 Å². The van der Waals surface area contributed by atoms with E-state index in [0.29, 0.717) is 5.41 Å². The summed E-state index contributed by atoms with van der Waals surface area (Å²) in [5, 5.41) is 0. The van der Waals surface area contributed by atoms with Crippen LogP contribution in [0.5, 0.6) is 0 Å². The van der Waals surface area contributed by atoms with Crippen LogP contribution >= 0.6 is 0 Å². The first kappa shape index (κ1) is 25.0. The van der Waals surface area contributed by atoms with Gasteiger partial charge in [-0.3, -0.25) is 0 Å². The Morgan fingerprint density at radius 2 is 1.52 bits per heavy atom. The van der Waals surface area contributed by atoms with Gasteiger partial charge in [-0.15, -0.1) is 0 Å². The topological polar surface area (TPSA) is 0 Å². The average molecular weight is 379 g/mol. The summed E-state index contributed by atoms with van der Waals surface area (Å²) in [6, 6.07) is 0. The van der Waals surface area contributed by atoms with Crippen molar-refractivity contribution >= 4 is 0 Å². The molecule has 1 aliphatic carbocycles. The third-order valence-electron chi connectivity index (χ3n) is 7.45. The first-order valence-electron chi connectivity index (χ1n) is 12.8. The van der Waals surface area contributed by atoms with Crippen LogP contribution in [0, 0.1) is 29.1 Å². The zero-order chi connectivity index (χ0) is 20.1. The molecule has 0 aromatic carbocycles. The highest BCUT2D eigenvalue weighted by Gasteiger charge is 2.25.